The van der Waals surface area contributed by atoms with Crippen LogP contribution in [0.2, 0.25) is 0 Å². The third-order valence-electron chi connectivity index (χ3n) is 1.58. The van der Waals surface area contributed by atoms with Gasteiger partial charge < -0.3 is 0 Å². The number of hydrogen-bond acceptors (Lipinski definition) is 2. The molecule has 1 saturated carbocycles. The van der Waals surface area contributed by atoms with Crippen molar-refractivity contribution in [1.29, 1.82) is 5.26 Å². The molecular weight excluding hydrogens is 154 g/mol. The van der Waals surface area contributed by atoms with E-state index in [-0.39, 0.29) is 5.38 Å². The number of nitriles is 1. The van der Waals surface area contributed by atoms with Gasteiger partial charge in [0, 0.05) is 10.6 Å². The van der Waals surface area contributed by atoms with Gasteiger partial charge in [-0.1, -0.05) is 6.42 Å². The van der Waals surface area contributed by atoms with Crippen molar-refractivity contribution < 1.29 is 0 Å². The van der Waals surface area contributed by atoms with Gasteiger partial charge in [-0.25, -0.2) is 0 Å². The fourth-order valence-corrected chi connectivity index (χ4v) is 2.22. The standard InChI is InChI=1S/C6H8ClNS/c7-5-2-1-3-6(5)9-4-8/h5-6H,1-3H2/t5-,6+/m1/s1. The molecule has 0 aromatic rings. The van der Waals surface area contributed by atoms with Crippen molar-refractivity contribution in [3.63, 3.8) is 0 Å². The van der Waals surface area contributed by atoms with Crippen LogP contribution < -0.4 is 0 Å². The number of thiocyanates is 1. The van der Waals surface area contributed by atoms with Crippen molar-refractivity contribution in [3.8, 4) is 5.40 Å². The molecule has 1 nitrogen and oxygen atoms in total. The maximum atomic E-state index is 8.30. The largest absolute Gasteiger partial charge is 0.185 e. The monoisotopic (exact) mass is 161 g/mol. The summed E-state index contributed by atoms with van der Waals surface area (Å²) in [5.74, 6) is 0. The molecule has 1 fully saturated rings. The number of hydrogen-bond donors (Lipinski definition) is 0. The second kappa shape index (κ2) is 3.34. The van der Waals surface area contributed by atoms with E-state index < -0.39 is 0 Å². The zero-order valence-electron chi connectivity index (χ0n) is 5.01. The summed E-state index contributed by atoms with van der Waals surface area (Å²) < 4.78 is 0. The molecule has 0 heterocycles. The van der Waals surface area contributed by atoms with Gasteiger partial charge in [0.2, 0.25) is 0 Å². The second-order valence-electron chi connectivity index (χ2n) is 2.19. The Morgan fingerprint density at radius 1 is 1.56 bits per heavy atom. The van der Waals surface area contributed by atoms with Gasteiger partial charge in [0.25, 0.3) is 0 Å². The molecule has 0 aromatic carbocycles. The van der Waals surface area contributed by atoms with Crippen LogP contribution in [0.4, 0.5) is 0 Å². The van der Waals surface area contributed by atoms with Gasteiger partial charge in [0.05, 0.1) is 0 Å². The number of alkyl halides is 1. The summed E-state index contributed by atoms with van der Waals surface area (Å²) in [6.45, 7) is 0. The van der Waals surface area contributed by atoms with Crippen LogP contribution in [0.15, 0.2) is 0 Å². The van der Waals surface area contributed by atoms with Crippen molar-refractivity contribution in [2.75, 3.05) is 0 Å². The third kappa shape index (κ3) is 1.77. The number of nitrogens with zero attached hydrogens (tertiary/aromatic N) is 1. The van der Waals surface area contributed by atoms with Crippen molar-refractivity contribution in [2.24, 2.45) is 0 Å². The first-order valence-corrected chi connectivity index (χ1v) is 4.35. The number of thioether (sulfide) groups is 1. The lowest BCUT2D eigenvalue weighted by Crippen LogP contribution is -2.07. The van der Waals surface area contributed by atoms with Gasteiger partial charge in [0.15, 0.2) is 0 Å². The van der Waals surface area contributed by atoms with Crippen molar-refractivity contribution >= 4 is 23.4 Å². The van der Waals surface area contributed by atoms with Crippen LogP contribution >= 0.6 is 23.4 Å². The first-order valence-electron chi connectivity index (χ1n) is 3.03. The lowest BCUT2D eigenvalue weighted by molar-refractivity contribution is 0.888. The maximum Gasteiger partial charge on any atom is 0.133 e. The Kier molecular flexibility index (Phi) is 2.68. The van der Waals surface area contributed by atoms with E-state index in [2.05, 4.69) is 5.40 Å². The van der Waals surface area contributed by atoms with E-state index in [9.17, 15) is 0 Å². The molecule has 0 N–H and O–H groups in total. The lowest BCUT2D eigenvalue weighted by atomic mass is 10.4. The van der Waals surface area contributed by atoms with E-state index in [4.69, 9.17) is 16.9 Å². The van der Waals surface area contributed by atoms with Crippen LogP contribution in [0.25, 0.3) is 0 Å². The topological polar surface area (TPSA) is 23.8 Å². The lowest BCUT2D eigenvalue weighted by Gasteiger charge is -2.05. The van der Waals surface area contributed by atoms with Crippen molar-refractivity contribution in [2.45, 2.75) is 29.9 Å². The molecule has 9 heavy (non-hydrogen) atoms. The van der Waals surface area contributed by atoms with Gasteiger partial charge in [-0.3, -0.25) is 0 Å². The third-order valence-corrected chi connectivity index (χ3v) is 3.22. The van der Waals surface area contributed by atoms with Gasteiger partial charge in [-0.05, 0) is 24.6 Å². The highest BCUT2D eigenvalue weighted by Crippen LogP contribution is 2.32. The van der Waals surface area contributed by atoms with Crippen LogP contribution in [0.1, 0.15) is 19.3 Å². The second-order valence-corrected chi connectivity index (χ2v) is 3.78. The van der Waals surface area contributed by atoms with E-state index in [0.29, 0.717) is 5.25 Å². The molecule has 0 bridgehead atoms. The summed E-state index contributed by atoms with van der Waals surface area (Å²) in [5.41, 5.74) is 0. The Labute approximate surface area is 64.4 Å². The van der Waals surface area contributed by atoms with Crippen LogP contribution in [0.5, 0.6) is 0 Å². The van der Waals surface area contributed by atoms with Crippen LogP contribution in [-0.4, -0.2) is 10.6 Å². The molecule has 3 heteroatoms. The molecule has 1 rings (SSSR count). The Balaban J connectivity index is 2.33. The molecule has 0 spiro atoms. The minimum absolute atomic E-state index is 0.245. The smallest absolute Gasteiger partial charge is 0.133 e. The first kappa shape index (κ1) is 7.24. The summed E-state index contributed by atoms with van der Waals surface area (Å²) in [6, 6.07) is 0. The summed E-state index contributed by atoms with van der Waals surface area (Å²) in [4.78, 5) is 0. The summed E-state index contributed by atoms with van der Waals surface area (Å²) in [7, 11) is 0. The van der Waals surface area contributed by atoms with Gasteiger partial charge in [0.1, 0.15) is 5.40 Å². The van der Waals surface area contributed by atoms with Crippen LogP contribution in [0, 0.1) is 10.7 Å². The molecule has 0 unspecified atom stereocenters. The van der Waals surface area contributed by atoms with E-state index in [1.807, 2.05) is 0 Å². The fourth-order valence-electron chi connectivity index (χ4n) is 1.08. The minimum atomic E-state index is 0.245. The van der Waals surface area contributed by atoms with Gasteiger partial charge >= 0.3 is 0 Å². The maximum absolute atomic E-state index is 8.30. The van der Waals surface area contributed by atoms with Gasteiger partial charge in [-0.2, -0.15) is 5.26 Å². The molecule has 0 aromatic heterocycles. The highest BCUT2D eigenvalue weighted by molar-refractivity contribution is 8.04. The fraction of sp³-hybridized carbons (Fsp3) is 0.833. The molecule has 0 radical (unpaired) electrons. The molecular formula is C6H8ClNS. The zero-order valence-corrected chi connectivity index (χ0v) is 6.58. The Morgan fingerprint density at radius 3 is 2.78 bits per heavy atom. The molecule has 2 atom stereocenters. The average Bonchev–Trinajstić information content (AvgIpc) is 2.18. The number of rotatable bonds is 1. The predicted octanol–water partition coefficient (Wildman–Crippen LogP) is 2.36. The molecule has 1 aliphatic rings. The number of halogens is 1. The van der Waals surface area contributed by atoms with E-state index in [0.717, 1.165) is 12.8 Å². The van der Waals surface area contributed by atoms with Crippen molar-refractivity contribution in [3.05, 3.63) is 0 Å². The quantitative estimate of drug-likeness (QED) is 0.436. The normalized spacial score (nSPS) is 34.2. The van der Waals surface area contributed by atoms with E-state index in [1.54, 1.807) is 0 Å². The van der Waals surface area contributed by atoms with E-state index in [1.165, 1.54) is 18.2 Å². The van der Waals surface area contributed by atoms with Gasteiger partial charge in [-0.15, -0.1) is 11.6 Å². The Morgan fingerprint density at radius 2 is 2.33 bits per heavy atom. The molecule has 1 aliphatic carbocycles. The Bertz CT molecular complexity index is 132. The summed E-state index contributed by atoms with van der Waals surface area (Å²) >= 11 is 7.21. The summed E-state index contributed by atoms with van der Waals surface area (Å²) in [5, 5.41) is 11.0. The predicted molar refractivity (Wildman–Crippen MR) is 40.5 cm³/mol. The highest BCUT2D eigenvalue weighted by atomic mass is 35.5. The zero-order chi connectivity index (χ0) is 6.69. The Hall–Kier alpha value is 0.130. The summed E-state index contributed by atoms with van der Waals surface area (Å²) in [6.07, 6.45) is 3.39. The van der Waals surface area contributed by atoms with Crippen molar-refractivity contribution in [1.82, 2.24) is 0 Å². The average molecular weight is 162 g/mol. The molecule has 50 valence electrons. The first-order chi connectivity index (χ1) is 4.34. The SMILES string of the molecule is N#CS[C@H]1CCC[C@H]1Cl. The van der Waals surface area contributed by atoms with Crippen LogP contribution in [0.3, 0.4) is 0 Å². The van der Waals surface area contributed by atoms with E-state index >= 15 is 0 Å². The molecule has 0 amide bonds. The molecule has 0 aliphatic heterocycles. The highest BCUT2D eigenvalue weighted by Gasteiger charge is 2.25. The minimum Gasteiger partial charge on any atom is -0.185 e. The molecule has 0 saturated heterocycles. The van der Waals surface area contributed by atoms with Crippen LogP contribution in [-0.2, 0) is 0 Å².